The van der Waals surface area contributed by atoms with Gasteiger partial charge in [-0.3, -0.25) is 9.68 Å². The third-order valence-electron chi connectivity index (χ3n) is 13.8. The molecule has 2 saturated heterocycles. The van der Waals surface area contributed by atoms with Crippen molar-refractivity contribution >= 4 is 32.2 Å². The highest BCUT2D eigenvalue weighted by Crippen LogP contribution is 2.33. The zero-order chi connectivity index (χ0) is 54.5. The Labute approximate surface area is 448 Å². The van der Waals surface area contributed by atoms with Crippen LogP contribution in [-0.2, 0) is 61.5 Å². The van der Waals surface area contributed by atoms with Gasteiger partial charge in [0.05, 0.1) is 78.5 Å². The van der Waals surface area contributed by atoms with E-state index in [1.54, 1.807) is 45.0 Å². The molecule has 0 unspecified atom stereocenters. The van der Waals surface area contributed by atoms with Gasteiger partial charge in [0.15, 0.2) is 6.29 Å². The molecule has 7 atom stereocenters. The van der Waals surface area contributed by atoms with Gasteiger partial charge in [0, 0.05) is 0 Å². The zero-order valence-corrected chi connectivity index (χ0v) is 45.8. The first-order chi connectivity index (χ1) is 36.2. The monoisotopic (exact) mass is 1090 g/mol. The molecule has 2 saturated carbocycles. The number of ether oxygens (including phenoxy) is 4. The van der Waals surface area contributed by atoms with Gasteiger partial charge in [0.1, 0.15) is 11.7 Å². The summed E-state index contributed by atoms with van der Waals surface area (Å²) in [5, 5.41) is 28.2. The number of hydroxylamine groups is 2. The minimum atomic E-state index is -4.09. The molecule has 4 fully saturated rings. The first kappa shape index (κ1) is 58.7. The van der Waals surface area contributed by atoms with Crippen molar-refractivity contribution in [3.63, 3.8) is 0 Å². The van der Waals surface area contributed by atoms with E-state index in [1.807, 2.05) is 74.5 Å². The normalized spacial score (nSPS) is 20.8. The number of aryl methyl sites for hydroxylation is 2. The summed E-state index contributed by atoms with van der Waals surface area (Å²) in [6, 6.07) is 30.1. The topological polar surface area (TPSA) is 229 Å². The molecule has 4 aromatic carbocycles. The van der Waals surface area contributed by atoms with Gasteiger partial charge in [0.25, 0.3) is 20.0 Å². The lowest BCUT2D eigenvalue weighted by Crippen LogP contribution is -2.51. The molecule has 2 aliphatic carbocycles. The molecular weight excluding hydrogens is 1020 g/mol. The van der Waals surface area contributed by atoms with Crippen molar-refractivity contribution in [1.29, 1.82) is 0 Å². The van der Waals surface area contributed by atoms with Gasteiger partial charge in [-0.25, -0.2) is 26.4 Å². The van der Waals surface area contributed by atoms with Crippen molar-refractivity contribution in [1.82, 2.24) is 19.6 Å². The van der Waals surface area contributed by atoms with Crippen molar-refractivity contribution in [2.75, 3.05) is 26.3 Å². The highest BCUT2D eigenvalue weighted by atomic mass is 32.2. The minimum Gasteiger partial charge on any atom is -0.444 e. The number of carbonyl (C=O) groups is 2. The molecule has 0 spiro atoms. The maximum atomic E-state index is 13.7. The van der Waals surface area contributed by atoms with Gasteiger partial charge in [-0.1, -0.05) is 131 Å². The van der Waals surface area contributed by atoms with Crippen LogP contribution in [0.4, 0.5) is 9.59 Å². The van der Waals surface area contributed by atoms with E-state index in [-0.39, 0.29) is 66.7 Å². The Hall–Kier alpha value is -5.00. The number of aliphatic hydroxyl groups excluding tert-OH is 2. The molecule has 0 bridgehead atoms. The molecule has 8 rings (SSSR count). The fourth-order valence-corrected chi connectivity index (χ4v) is 12.2. The standard InChI is InChI=1S/C29H38N2O8S.C27H38N2O6S/c1-20-11-13-23(14-12-20)40(34,35)31(39-22-9-5-6-10-22)18-26(32)25(17-21-7-3-2-4-8-21)30-29(33)38-27-19-37-28-24(27)15-16-36-28;1-20-14-16-23(17-15-20)36(32,33)29(35-22-12-8-9-13-22)19-25(30)24(18-21-10-6-5-7-11-21)28-26(31)34-27(2,3)4/h2-4,7-8,11-14,22,24-28,32H,5-6,9-10,15-19H2,1H3,(H,30,33);5-7,10-11,14-17,22,24-25,30H,8-9,12-13,18-19H2,1-4H3,(H,28,31)/t24-,25-,26+,27-,28+;24-,25+/m00/s1. The Balaban J connectivity index is 0.000000223. The number of amides is 2. The quantitative estimate of drug-likeness (QED) is 0.0587. The maximum absolute atomic E-state index is 13.7. The minimum absolute atomic E-state index is 0.0294. The van der Waals surface area contributed by atoms with E-state index in [0.29, 0.717) is 6.61 Å². The SMILES string of the molecule is Cc1ccc(S(=O)(=O)N(C[C@@H](O)[C@H](Cc2ccccc2)NC(=O)OC(C)(C)C)OC2CCCC2)cc1.Cc1ccc(S(=O)(=O)N(C[C@@H](O)[C@H](Cc2ccccc2)NC(=O)O[C@H]2CO[C@H]3OCC[C@H]32)OC2CCCC2)cc1. The number of alkyl carbamates (subject to hydrolysis) is 2. The largest absolute Gasteiger partial charge is 0.444 e. The van der Waals surface area contributed by atoms with Gasteiger partial charge in [0.2, 0.25) is 0 Å². The molecule has 0 aromatic heterocycles. The molecule has 0 radical (unpaired) electrons. The number of carbonyl (C=O) groups excluding carboxylic acids is 2. The van der Waals surface area contributed by atoms with Crippen LogP contribution in [0.2, 0.25) is 0 Å². The first-order valence-corrected chi connectivity index (χ1v) is 29.3. The second kappa shape index (κ2) is 27.0. The van der Waals surface area contributed by atoms with Crippen LogP contribution >= 0.6 is 0 Å². The predicted molar refractivity (Wildman–Crippen MR) is 283 cm³/mol. The second-order valence-corrected chi connectivity index (χ2v) is 24.8. The van der Waals surface area contributed by atoms with Crippen LogP contribution in [0.5, 0.6) is 0 Å². The molecule has 20 heteroatoms. The summed E-state index contributed by atoms with van der Waals surface area (Å²) in [7, 11) is -8.14. The van der Waals surface area contributed by atoms with Crippen LogP contribution in [-0.4, -0.2) is 129 Å². The van der Waals surface area contributed by atoms with Crippen molar-refractivity contribution in [3.05, 3.63) is 131 Å². The fourth-order valence-electron chi connectivity index (χ4n) is 9.56. The smallest absolute Gasteiger partial charge is 0.407 e. The molecule has 2 aliphatic heterocycles. The summed E-state index contributed by atoms with van der Waals surface area (Å²) in [4.78, 5) is 37.7. The van der Waals surface area contributed by atoms with Gasteiger partial charge < -0.3 is 39.8 Å². The van der Waals surface area contributed by atoms with Crippen LogP contribution in [0.1, 0.15) is 101 Å². The predicted octanol–water partition coefficient (Wildman–Crippen LogP) is 7.68. The summed E-state index contributed by atoms with van der Waals surface area (Å²) < 4.78 is 78.3. The summed E-state index contributed by atoms with van der Waals surface area (Å²) in [6.07, 6.45) is 2.81. The summed E-state index contributed by atoms with van der Waals surface area (Å²) in [5.41, 5.74) is 2.88. The molecule has 4 N–H and O–H groups in total. The van der Waals surface area contributed by atoms with E-state index in [4.69, 9.17) is 28.6 Å². The number of hydrogen-bond acceptors (Lipinski definition) is 14. The van der Waals surface area contributed by atoms with E-state index >= 15 is 0 Å². The second-order valence-electron chi connectivity index (χ2n) is 21.1. The van der Waals surface area contributed by atoms with Gasteiger partial charge in [-0.15, -0.1) is 0 Å². The Bertz CT molecular complexity index is 2670. The Morgan fingerprint density at radius 2 is 1.04 bits per heavy atom. The Morgan fingerprint density at radius 3 is 1.46 bits per heavy atom. The van der Waals surface area contributed by atoms with Gasteiger partial charge in [-0.05, 0) is 115 Å². The van der Waals surface area contributed by atoms with Crippen molar-refractivity contribution in [3.8, 4) is 0 Å². The highest BCUT2D eigenvalue weighted by Gasteiger charge is 2.44. The third-order valence-corrected chi connectivity index (χ3v) is 17.0. The highest BCUT2D eigenvalue weighted by molar-refractivity contribution is 7.89. The molecule has 4 aromatic rings. The average Bonchev–Trinajstić information content (AvgIpc) is 4.24. The van der Waals surface area contributed by atoms with E-state index in [9.17, 15) is 36.6 Å². The summed E-state index contributed by atoms with van der Waals surface area (Å²) >= 11 is 0. The van der Waals surface area contributed by atoms with E-state index < -0.39 is 68.2 Å². The number of aliphatic hydroxyl groups is 2. The van der Waals surface area contributed by atoms with Crippen LogP contribution in [0.15, 0.2) is 119 Å². The maximum Gasteiger partial charge on any atom is 0.407 e. The summed E-state index contributed by atoms with van der Waals surface area (Å²) in [5.74, 6) is -0.0294. The third kappa shape index (κ3) is 17.0. The molecule has 2 heterocycles. The number of nitrogens with zero attached hydrogens (tertiary/aromatic N) is 2. The van der Waals surface area contributed by atoms with Gasteiger partial charge >= 0.3 is 12.2 Å². The number of nitrogens with one attached hydrogen (secondary N) is 2. The lowest BCUT2D eigenvalue weighted by Gasteiger charge is -2.31. The molecule has 18 nitrogen and oxygen atoms in total. The Morgan fingerprint density at radius 1 is 0.618 bits per heavy atom. The van der Waals surface area contributed by atoms with Crippen molar-refractivity contribution < 1.29 is 65.3 Å². The number of benzene rings is 4. The molecule has 2 amide bonds. The molecule has 4 aliphatic rings. The van der Waals surface area contributed by atoms with Crippen LogP contribution < -0.4 is 10.6 Å². The lowest BCUT2D eigenvalue weighted by molar-refractivity contribution is -0.145. The van der Waals surface area contributed by atoms with E-state index in [1.165, 1.54) is 24.3 Å². The number of rotatable bonds is 21. The van der Waals surface area contributed by atoms with Crippen LogP contribution in [0, 0.1) is 19.8 Å². The van der Waals surface area contributed by atoms with E-state index in [0.717, 1.165) is 89.0 Å². The Kier molecular flexibility index (Phi) is 20.9. The fraction of sp³-hybridized carbons (Fsp3) is 0.536. The van der Waals surface area contributed by atoms with Gasteiger partial charge in [-0.2, -0.15) is 0 Å². The number of sulfonamides is 2. The van der Waals surface area contributed by atoms with Crippen molar-refractivity contribution in [2.45, 2.75) is 170 Å². The van der Waals surface area contributed by atoms with Crippen molar-refractivity contribution in [2.24, 2.45) is 5.92 Å². The number of hydrogen-bond donors (Lipinski definition) is 4. The lowest BCUT2D eigenvalue weighted by atomic mass is 10.0. The zero-order valence-electron chi connectivity index (χ0n) is 44.2. The van der Waals surface area contributed by atoms with Crippen LogP contribution in [0.3, 0.4) is 0 Å². The number of fused-ring (bicyclic) bond motifs is 1. The molecular formula is C56H76N4O14S2. The van der Waals surface area contributed by atoms with Crippen LogP contribution in [0.25, 0.3) is 0 Å². The first-order valence-electron chi connectivity index (χ1n) is 26.4. The van der Waals surface area contributed by atoms with E-state index in [2.05, 4.69) is 10.6 Å². The average molecular weight is 1090 g/mol. The molecule has 76 heavy (non-hydrogen) atoms. The molecule has 416 valence electrons. The summed E-state index contributed by atoms with van der Waals surface area (Å²) in [6.45, 7) is 9.09.